The molecule has 0 spiro atoms. The topological polar surface area (TPSA) is 67.5 Å². The Hall–Kier alpha value is -2.17. The molecule has 0 aromatic heterocycles. The second-order valence-corrected chi connectivity index (χ2v) is 13.3. The molecule has 37 heavy (non-hydrogen) atoms. The van der Waals surface area contributed by atoms with E-state index in [0.29, 0.717) is 17.7 Å². The van der Waals surface area contributed by atoms with Crippen LogP contribution in [0.3, 0.4) is 0 Å². The van der Waals surface area contributed by atoms with Gasteiger partial charge in [-0.05, 0) is 92.2 Å². The van der Waals surface area contributed by atoms with Crippen LogP contribution in [0.2, 0.25) is 0 Å². The highest BCUT2D eigenvalue weighted by Crippen LogP contribution is 2.62. The Morgan fingerprint density at radius 2 is 1.84 bits per heavy atom. The van der Waals surface area contributed by atoms with Crippen molar-refractivity contribution in [1.29, 1.82) is 0 Å². The molecule has 1 aromatic rings. The summed E-state index contributed by atoms with van der Waals surface area (Å²) in [7, 11) is 0. The normalized spacial score (nSPS) is 34.4. The Bertz CT molecular complexity index is 1060. The van der Waals surface area contributed by atoms with Crippen molar-refractivity contribution in [2.24, 2.45) is 33.4 Å². The van der Waals surface area contributed by atoms with Gasteiger partial charge in [0.05, 0.1) is 6.04 Å². The molecule has 202 valence electrons. The lowest BCUT2D eigenvalue weighted by molar-refractivity contribution is -0.120. The van der Waals surface area contributed by atoms with Crippen molar-refractivity contribution in [3.8, 4) is 0 Å². The molecule has 5 rings (SSSR count). The van der Waals surface area contributed by atoms with E-state index in [1.807, 2.05) is 6.07 Å². The van der Waals surface area contributed by atoms with E-state index < -0.39 is 0 Å². The van der Waals surface area contributed by atoms with E-state index in [-0.39, 0.29) is 34.5 Å². The summed E-state index contributed by atoms with van der Waals surface area (Å²) < 4.78 is 14.0. The third-order valence-corrected chi connectivity index (χ3v) is 10.3. The van der Waals surface area contributed by atoms with E-state index in [0.717, 1.165) is 61.8 Å². The largest absolute Gasteiger partial charge is 0.394 e. The number of rotatable bonds is 5. The zero-order valence-corrected chi connectivity index (χ0v) is 23.1. The van der Waals surface area contributed by atoms with Gasteiger partial charge in [0.25, 0.3) is 5.91 Å². The summed E-state index contributed by atoms with van der Waals surface area (Å²) in [5, 5.41) is 3.43. The second-order valence-electron chi connectivity index (χ2n) is 13.3. The molecule has 4 fully saturated rings. The Morgan fingerprint density at radius 1 is 1.08 bits per heavy atom. The average Bonchev–Trinajstić information content (AvgIpc) is 3.27. The van der Waals surface area contributed by atoms with Crippen LogP contribution in [0.15, 0.2) is 40.5 Å². The molecule has 3 N–H and O–H groups in total. The van der Waals surface area contributed by atoms with Crippen molar-refractivity contribution in [3.05, 3.63) is 46.9 Å². The third kappa shape index (κ3) is 5.38. The molecule has 0 heterocycles. The fraction of sp³-hybridized carbons (Fsp3) is 0.688. The first-order chi connectivity index (χ1) is 17.7. The van der Waals surface area contributed by atoms with Gasteiger partial charge in [0.1, 0.15) is 11.5 Å². The molecule has 0 radical (unpaired) electrons. The molecule has 3 unspecified atom stereocenters. The zero-order chi connectivity index (χ0) is 26.2. The minimum absolute atomic E-state index is 0.0794. The van der Waals surface area contributed by atoms with Gasteiger partial charge in [-0.15, -0.1) is 0 Å². The molecular formula is C32H46FN3O. The number of hydrogen-bond acceptors (Lipinski definition) is 3. The van der Waals surface area contributed by atoms with Crippen LogP contribution < -0.4 is 11.1 Å². The number of carbonyl (C=O) groups is 1. The van der Waals surface area contributed by atoms with Gasteiger partial charge in [0.15, 0.2) is 0 Å². The smallest absolute Gasteiger partial charge is 0.267 e. The number of benzene rings is 1. The molecule has 4 nitrogen and oxygen atoms in total. The van der Waals surface area contributed by atoms with E-state index in [2.05, 4.69) is 26.1 Å². The Kier molecular flexibility index (Phi) is 7.53. The lowest BCUT2D eigenvalue weighted by Gasteiger charge is -2.43. The highest BCUT2D eigenvalue weighted by Gasteiger charge is 2.59. The van der Waals surface area contributed by atoms with Crippen LogP contribution in [0.1, 0.15) is 103 Å². The predicted molar refractivity (Wildman–Crippen MR) is 149 cm³/mol. The van der Waals surface area contributed by atoms with Gasteiger partial charge in [-0.3, -0.25) is 9.79 Å². The van der Waals surface area contributed by atoms with Crippen molar-refractivity contribution in [3.63, 3.8) is 0 Å². The number of amides is 1. The first kappa shape index (κ1) is 26.4. The molecule has 4 aliphatic rings. The summed E-state index contributed by atoms with van der Waals surface area (Å²) in [6.07, 6.45) is 14.1. The van der Waals surface area contributed by atoms with Gasteiger partial charge in [-0.25, -0.2) is 4.39 Å². The van der Waals surface area contributed by atoms with Gasteiger partial charge in [0.2, 0.25) is 0 Å². The van der Waals surface area contributed by atoms with Crippen molar-refractivity contribution in [2.75, 3.05) is 0 Å². The Labute approximate surface area is 222 Å². The van der Waals surface area contributed by atoms with Crippen LogP contribution in [0.5, 0.6) is 0 Å². The van der Waals surface area contributed by atoms with Crippen LogP contribution in [0.25, 0.3) is 0 Å². The summed E-state index contributed by atoms with van der Waals surface area (Å²) in [5.41, 5.74) is 10.3. The van der Waals surface area contributed by atoms with Crippen LogP contribution in [-0.2, 0) is 11.2 Å². The molecular weight excluding hydrogens is 461 g/mol. The fourth-order valence-electron chi connectivity index (χ4n) is 8.22. The van der Waals surface area contributed by atoms with Gasteiger partial charge in [0, 0.05) is 23.2 Å². The van der Waals surface area contributed by atoms with Crippen LogP contribution in [0, 0.1) is 28.5 Å². The summed E-state index contributed by atoms with van der Waals surface area (Å²) >= 11 is 0. The van der Waals surface area contributed by atoms with Crippen LogP contribution >= 0.6 is 0 Å². The van der Waals surface area contributed by atoms with Crippen molar-refractivity contribution < 1.29 is 9.18 Å². The zero-order valence-electron chi connectivity index (χ0n) is 23.1. The van der Waals surface area contributed by atoms with E-state index in [1.165, 1.54) is 44.6 Å². The van der Waals surface area contributed by atoms with Crippen LogP contribution in [0.4, 0.5) is 4.39 Å². The van der Waals surface area contributed by atoms with E-state index in [1.54, 1.807) is 12.1 Å². The molecule has 4 aliphatic carbocycles. The standard InChI is InChI=1S/C32H46FN3O/c1-31(2)23-16-17-32(3,20-23)30(31)36-29(37)27(34)26-15-8-7-11-22(18-21-10-9-12-24(33)19-21)28(26)35-25-13-5-4-6-14-25/h9-10,12,19,22-23,25,30H,4-8,11,13-18,20,34H2,1-3H3,(H,36,37)/t22?,23?,30-,32?/m1/s1. The van der Waals surface area contributed by atoms with E-state index in [9.17, 15) is 9.18 Å². The summed E-state index contributed by atoms with van der Waals surface area (Å²) in [4.78, 5) is 19.1. The molecule has 2 bridgehead atoms. The quantitative estimate of drug-likeness (QED) is 0.337. The summed E-state index contributed by atoms with van der Waals surface area (Å²) in [5.74, 6) is 0.496. The molecule has 0 aliphatic heterocycles. The fourth-order valence-corrected chi connectivity index (χ4v) is 8.22. The van der Waals surface area contributed by atoms with Crippen molar-refractivity contribution in [1.82, 2.24) is 5.32 Å². The highest BCUT2D eigenvalue weighted by molar-refractivity contribution is 6.09. The minimum Gasteiger partial charge on any atom is -0.394 e. The van der Waals surface area contributed by atoms with Crippen LogP contribution in [-0.4, -0.2) is 23.7 Å². The molecule has 1 amide bonds. The number of aliphatic imine (C=N–C) groups is 1. The van der Waals surface area contributed by atoms with Gasteiger partial charge in [-0.1, -0.05) is 58.6 Å². The second kappa shape index (κ2) is 10.5. The maximum Gasteiger partial charge on any atom is 0.267 e. The number of nitrogens with zero attached hydrogens (tertiary/aromatic N) is 1. The Morgan fingerprint density at radius 3 is 2.54 bits per heavy atom. The van der Waals surface area contributed by atoms with Gasteiger partial charge in [-0.2, -0.15) is 0 Å². The predicted octanol–water partition coefficient (Wildman–Crippen LogP) is 6.88. The highest BCUT2D eigenvalue weighted by atomic mass is 19.1. The number of nitrogens with one attached hydrogen (secondary N) is 1. The number of fused-ring (bicyclic) bond motifs is 2. The third-order valence-electron chi connectivity index (χ3n) is 10.3. The average molecular weight is 508 g/mol. The number of allylic oxidation sites excluding steroid dienone is 1. The summed E-state index contributed by atoms with van der Waals surface area (Å²) in [6.45, 7) is 6.96. The first-order valence-corrected chi connectivity index (χ1v) is 14.8. The molecule has 4 saturated carbocycles. The van der Waals surface area contributed by atoms with Gasteiger partial charge < -0.3 is 11.1 Å². The van der Waals surface area contributed by atoms with Crippen molar-refractivity contribution >= 4 is 11.6 Å². The summed E-state index contributed by atoms with van der Waals surface area (Å²) in [6, 6.07) is 7.36. The maximum absolute atomic E-state index is 14.0. The lowest BCUT2D eigenvalue weighted by Crippen LogP contribution is -2.53. The minimum atomic E-state index is -0.200. The number of halogens is 1. The monoisotopic (exact) mass is 507 g/mol. The lowest BCUT2D eigenvalue weighted by atomic mass is 9.68. The number of carbonyl (C=O) groups excluding carboxylic acids is 1. The number of hydrogen-bond donors (Lipinski definition) is 2. The molecule has 0 saturated heterocycles. The first-order valence-electron chi connectivity index (χ1n) is 14.8. The molecule has 4 atom stereocenters. The van der Waals surface area contributed by atoms with E-state index in [4.69, 9.17) is 10.7 Å². The SMILES string of the molecule is CC12CCC(C1)C(C)(C)[C@H]2NC(=O)C(N)=C1CCCCC(Cc2cccc(F)c2)C1=NC1CCCCC1. The number of nitrogens with two attached hydrogens (primary N) is 1. The molecule has 1 aromatic carbocycles. The van der Waals surface area contributed by atoms with E-state index >= 15 is 0 Å². The maximum atomic E-state index is 14.0. The Balaban J connectivity index is 1.47. The van der Waals surface area contributed by atoms with Gasteiger partial charge >= 0.3 is 0 Å². The molecule has 5 heteroatoms. The van der Waals surface area contributed by atoms with Crippen molar-refractivity contribution in [2.45, 2.75) is 116 Å².